The molecule has 0 fully saturated rings. The molecule has 0 aliphatic carbocycles. The molecule has 0 unspecified atom stereocenters. The first-order valence-corrected chi connectivity index (χ1v) is 8.23. The van der Waals surface area contributed by atoms with Crippen LogP contribution in [0.25, 0.3) is 0 Å². The zero-order valence-corrected chi connectivity index (χ0v) is 14.9. The van der Waals surface area contributed by atoms with E-state index in [9.17, 15) is 9.59 Å². The van der Waals surface area contributed by atoms with Crippen molar-refractivity contribution in [3.8, 4) is 0 Å². The van der Waals surface area contributed by atoms with E-state index in [1.165, 1.54) is 0 Å². The van der Waals surface area contributed by atoms with E-state index < -0.39 is 0 Å². The summed E-state index contributed by atoms with van der Waals surface area (Å²) in [4.78, 5) is 22.6. The highest BCUT2D eigenvalue weighted by Crippen LogP contribution is 1.90. The average molecular weight is 332 g/mol. The van der Waals surface area contributed by atoms with Crippen molar-refractivity contribution in [3.63, 3.8) is 0 Å². The molecule has 0 saturated carbocycles. The van der Waals surface area contributed by atoms with E-state index in [1.54, 1.807) is 0 Å². The molecule has 0 heterocycles. The summed E-state index contributed by atoms with van der Waals surface area (Å²) in [5.41, 5.74) is 0. The van der Waals surface area contributed by atoms with Gasteiger partial charge in [0.1, 0.15) is 0 Å². The minimum Gasteiger partial charge on any atom is -0.379 e. The summed E-state index contributed by atoms with van der Waals surface area (Å²) in [5, 5.41) is 5.57. The van der Waals surface area contributed by atoms with Crippen molar-refractivity contribution in [3.05, 3.63) is 0 Å². The van der Waals surface area contributed by atoms with Crippen LogP contribution in [0.1, 0.15) is 34.1 Å². The second-order valence-electron chi connectivity index (χ2n) is 5.76. The van der Waals surface area contributed by atoms with Crippen LogP contribution in [0.4, 0.5) is 0 Å². The van der Waals surface area contributed by atoms with Crippen molar-refractivity contribution in [2.45, 2.75) is 40.2 Å². The average Bonchev–Trinajstić information content (AvgIpc) is 2.47. The van der Waals surface area contributed by atoms with E-state index in [-0.39, 0.29) is 23.8 Å². The molecule has 136 valence electrons. The van der Waals surface area contributed by atoms with Crippen LogP contribution >= 0.6 is 0 Å². The number of ether oxygens (including phenoxy) is 3. The molecule has 23 heavy (non-hydrogen) atoms. The molecule has 0 aliphatic rings. The SMILES string of the molecule is CC(C)NC(=O)CCOCCOCCOCCNC(=O)C(C)C. The lowest BCUT2D eigenvalue weighted by atomic mass is 10.2. The number of hydrogen-bond donors (Lipinski definition) is 2. The standard InChI is InChI=1S/C16H32N2O5/c1-13(2)16(20)17-6-8-22-10-12-23-11-9-21-7-5-15(19)18-14(3)4/h13-14H,5-12H2,1-4H3,(H,17,20)(H,18,19). The van der Waals surface area contributed by atoms with Gasteiger partial charge >= 0.3 is 0 Å². The maximum atomic E-state index is 11.3. The molecule has 0 rings (SSSR count). The van der Waals surface area contributed by atoms with Crippen LogP contribution in [-0.4, -0.2) is 64.0 Å². The molecule has 2 N–H and O–H groups in total. The molecule has 0 aliphatic heterocycles. The predicted molar refractivity (Wildman–Crippen MR) is 88.2 cm³/mol. The first-order chi connectivity index (χ1) is 10.9. The molecule has 0 aromatic carbocycles. The second-order valence-corrected chi connectivity index (χ2v) is 5.76. The van der Waals surface area contributed by atoms with E-state index >= 15 is 0 Å². The lowest BCUT2D eigenvalue weighted by Crippen LogP contribution is -2.31. The van der Waals surface area contributed by atoms with Crippen molar-refractivity contribution < 1.29 is 23.8 Å². The summed E-state index contributed by atoms with van der Waals surface area (Å²) in [6.45, 7) is 10.8. The van der Waals surface area contributed by atoms with Gasteiger partial charge in [-0.25, -0.2) is 0 Å². The first-order valence-electron chi connectivity index (χ1n) is 8.23. The fraction of sp³-hybridized carbons (Fsp3) is 0.875. The van der Waals surface area contributed by atoms with Crippen LogP contribution in [0.5, 0.6) is 0 Å². The topological polar surface area (TPSA) is 85.9 Å². The van der Waals surface area contributed by atoms with Gasteiger partial charge in [-0.15, -0.1) is 0 Å². The van der Waals surface area contributed by atoms with Crippen LogP contribution in [0.15, 0.2) is 0 Å². The minimum absolute atomic E-state index is 0.00104. The third-order valence-electron chi connectivity index (χ3n) is 2.74. The zero-order chi connectivity index (χ0) is 17.5. The normalized spacial score (nSPS) is 11.0. The quantitative estimate of drug-likeness (QED) is 0.458. The van der Waals surface area contributed by atoms with E-state index in [0.29, 0.717) is 52.6 Å². The number of nitrogens with one attached hydrogen (secondary N) is 2. The highest BCUT2D eigenvalue weighted by atomic mass is 16.5. The molecule has 0 spiro atoms. The summed E-state index contributed by atoms with van der Waals surface area (Å²) < 4.78 is 16.0. The molecule has 0 bridgehead atoms. The van der Waals surface area contributed by atoms with E-state index in [0.717, 1.165) is 0 Å². The Morgan fingerprint density at radius 3 is 1.87 bits per heavy atom. The zero-order valence-electron chi connectivity index (χ0n) is 14.9. The Hall–Kier alpha value is -1.18. The van der Waals surface area contributed by atoms with Gasteiger partial charge in [0.2, 0.25) is 11.8 Å². The Kier molecular flexibility index (Phi) is 13.7. The maximum absolute atomic E-state index is 11.3. The third kappa shape index (κ3) is 15.5. The highest BCUT2D eigenvalue weighted by molar-refractivity contribution is 5.77. The fourth-order valence-corrected chi connectivity index (χ4v) is 1.55. The second kappa shape index (κ2) is 14.4. The predicted octanol–water partition coefficient (Wildman–Crippen LogP) is 0.723. The Balaban J connectivity index is 3.19. The number of hydrogen-bond acceptors (Lipinski definition) is 5. The Morgan fingerprint density at radius 2 is 1.35 bits per heavy atom. The molecular formula is C16H32N2O5. The summed E-state index contributed by atoms with van der Waals surface area (Å²) in [6.07, 6.45) is 0.364. The first kappa shape index (κ1) is 21.8. The van der Waals surface area contributed by atoms with Crippen molar-refractivity contribution in [1.29, 1.82) is 0 Å². The number of rotatable bonds is 14. The molecule has 0 saturated heterocycles. The van der Waals surface area contributed by atoms with Crippen molar-refractivity contribution in [1.82, 2.24) is 10.6 Å². The lowest BCUT2D eigenvalue weighted by molar-refractivity contribution is -0.124. The Labute approximate surface area is 139 Å². The van der Waals surface area contributed by atoms with Gasteiger partial charge in [-0.2, -0.15) is 0 Å². The largest absolute Gasteiger partial charge is 0.379 e. The monoisotopic (exact) mass is 332 g/mol. The summed E-state index contributed by atoms with van der Waals surface area (Å²) in [6, 6.07) is 0.157. The smallest absolute Gasteiger partial charge is 0.222 e. The molecule has 7 nitrogen and oxygen atoms in total. The van der Waals surface area contributed by atoms with Gasteiger partial charge in [0.05, 0.1) is 39.6 Å². The summed E-state index contributed by atoms with van der Waals surface area (Å²) >= 11 is 0. The maximum Gasteiger partial charge on any atom is 0.222 e. The highest BCUT2D eigenvalue weighted by Gasteiger charge is 2.04. The van der Waals surface area contributed by atoms with Gasteiger partial charge in [0, 0.05) is 24.9 Å². The van der Waals surface area contributed by atoms with Crippen LogP contribution in [0.3, 0.4) is 0 Å². The fourth-order valence-electron chi connectivity index (χ4n) is 1.55. The molecule has 7 heteroatoms. The van der Waals surface area contributed by atoms with Gasteiger partial charge in [-0.05, 0) is 13.8 Å². The Morgan fingerprint density at radius 1 is 0.826 bits per heavy atom. The molecule has 0 radical (unpaired) electrons. The van der Waals surface area contributed by atoms with Crippen LogP contribution in [-0.2, 0) is 23.8 Å². The molecule has 0 aromatic rings. The third-order valence-corrected chi connectivity index (χ3v) is 2.74. The van der Waals surface area contributed by atoms with Crippen LogP contribution in [0.2, 0.25) is 0 Å². The number of carbonyl (C=O) groups excluding carboxylic acids is 2. The summed E-state index contributed by atoms with van der Waals surface area (Å²) in [7, 11) is 0. The molecular weight excluding hydrogens is 300 g/mol. The minimum atomic E-state index is -0.00483. The number of amides is 2. The van der Waals surface area contributed by atoms with Gasteiger partial charge < -0.3 is 24.8 Å². The van der Waals surface area contributed by atoms with E-state index in [1.807, 2.05) is 27.7 Å². The molecule has 0 atom stereocenters. The molecule has 2 amide bonds. The van der Waals surface area contributed by atoms with E-state index in [4.69, 9.17) is 14.2 Å². The summed E-state index contributed by atoms with van der Waals surface area (Å²) in [5.74, 6) is 0.0257. The lowest BCUT2D eigenvalue weighted by Gasteiger charge is -2.09. The van der Waals surface area contributed by atoms with Gasteiger partial charge in [0.25, 0.3) is 0 Å². The van der Waals surface area contributed by atoms with Gasteiger partial charge in [-0.3, -0.25) is 9.59 Å². The van der Waals surface area contributed by atoms with Gasteiger partial charge in [0.15, 0.2) is 0 Å². The van der Waals surface area contributed by atoms with Crippen LogP contribution < -0.4 is 10.6 Å². The van der Waals surface area contributed by atoms with Gasteiger partial charge in [-0.1, -0.05) is 13.8 Å². The van der Waals surface area contributed by atoms with Crippen LogP contribution in [0, 0.1) is 5.92 Å². The number of carbonyl (C=O) groups is 2. The van der Waals surface area contributed by atoms with Crippen molar-refractivity contribution in [2.75, 3.05) is 46.2 Å². The van der Waals surface area contributed by atoms with E-state index in [2.05, 4.69) is 10.6 Å². The Bertz CT molecular complexity index is 322. The molecule has 0 aromatic heterocycles. The van der Waals surface area contributed by atoms with Crippen molar-refractivity contribution >= 4 is 11.8 Å². The van der Waals surface area contributed by atoms with Crippen molar-refractivity contribution in [2.24, 2.45) is 5.92 Å².